The van der Waals surface area contributed by atoms with Gasteiger partial charge in [0.05, 0.1) is 12.2 Å². The monoisotopic (exact) mass is 251 g/mol. The van der Waals surface area contributed by atoms with Gasteiger partial charge in [-0.3, -0.25) is 0 Å². The maximum absolute atomic E-state index is 5.72. The van der Waals surface area contributed by atoms with E-state index in [9.17, 15) is 0 Å². The summed E-state index contributed by atoms with van der Waals surface area (Å²) in [5.41, 5.74) is 5.57. The molecule has 0 aromatic heterocycles. The molecule has 0 radical (unpaired) electrons. The summed E-state index contributed by atoms with van der Waals surface area (Å²) in [6.07, 6.45) is 2.36. The van der Waals surface area contributed by atoms with Crippen LogP contribution in [0.1, 0.15) is 12.8 Å². The Hall–Kier alpha value is -1.46. The lowest BCUT2D eigenvalue weighted by Gasteiger charge is -2.13. The van der Waals surface area contributed by atoms with E-state index < -0.39 is 0 Å². The van der Waals surface area contributed by atoms with E-state index in [1.54, 1.807) is 0 Å². The van der Waals surface area contributed by atoms with Crippen molar-refractivity contribution in [2.75, 3.05) is 19.9 Å². The van der Waals surface area contributed by atoms with Gasteiger partial charge in [0.15, 0.2) is 11.5 Å². The van der Waals surface area contributed by atoms with Crippen molar-refractivity contribution in [3.05, 3.63) is 18.2 Å². The molecular weight excluding hydrogens is 234 g/mol. The minimum atomic E-state index is 0.143. The summed E-state index contributed by atoms with van der Waals surface area (Å²) in [6, 6.07) is 5.58. The van der Waals surface area contributed by atoms with Crippen LogP contribution in [0.25, 0.3) is 0 Å². The Labute approximate surface area is 106 Å². The Kier molecular flexibility index (Phi) is 3.25. The van der Waals surface area contributed by atoms with Crippen LogP contribution in [0.15, 0.2) is 18.2 Å². The highest BCUT2D eigenvalue weighted by Crippen LogP contribution is 2.35. The maximum atomic E-state index is 5.72. The molecule has 3 rings (SSSR count). The van der Waals surface area contributed by atoms with E-state index in [0.717, 1.165) is 30.1 Å². The number of ether oxygens (including phenoxy) is 4. The first kappa shape index (κ1) is 11.6. The molecule has 2 heterocycles. The first-order valence-corrected chi connectivity index (χ1v) is 6.23. The Morgan fingerprint density at radius 3 is 2.83 bits per heavy atom. The minimum Gasteiger partial charge on any atom is -0.491 e. The van der Waals surface area contributed by atoms with Gasteiger partial charge < -0.3 is 24.7 Å². The van der Waals surface area contributed by atoms with Crippen molar-refractivity contribution in [1.29, 1.82) is 0 Å². The first-order chi connectivity index (χ1) is 8.85. The molecule has 1 saturated heterocycles. The second kappa shape index (κ2) is 5.04. The van der Waals surface area contributed by atoms with Gasteiger partial charge in [0.2, 0.25) is 6.79 Å². The zero-order chi connectivity index (χ0) is 12.4. The fraction of sp³-hybridized carbons (Fsp3) is 0.538. The molecule has 5 heteroatoms. The molecule has 1 aromatic rings. The van der Waals surface area contributed by atoms with Gasteiger partial charge in [-0.25, -0.2) is 0 Å². The summed E-state index contributed by atoms with van der Waals surface area (Å²) >= 11 is 0. The molecule has 0 spiro atoms. The van der Waals surface area contributed by atoms with Crippen molar-refractivity contribution in [2.45, 2.75) is 25.0 Å². The highest BCUT2D eigenvalue weighted by molar-refractivity contribution is 5.46. The van der Waals surface area contributed by atoms with Crippen LogP contribution >= 0.6 is 0 Å². The third kappa shape index (κ3) is 2.37. The number of nitrogens with two attached hydrogens (primary N) is 1. The van der Waals surface area contributed by atoms with E-state index >= 15 is 0 Å². The molecule has 98 valence electrons. The van der Waals surface area contributed by atoms with Gasteiger partial charge in [-0.05, 0) is 25.0 Å². The lowest BCUT2D eigenvalue weighted by molar-refractivity contribution is 0.0221. The molecule has 0 amide bonds. The quantitative estimate of drug-likeness (QED) is 0.874. The second-order valence-corrected chi connectivity index (χ2v) is 4.52. The van der Waals surface area contributed by atoms with Gasteiger partial charge in [-0.2, -0.15) is 0 Å². The summed E-state index contributed by atoms with van der Waals surface area (Å²) in [5.74, 6) is 2.28. The topological polar surface area (TPSA) is 62.9 Å². The zero-order valence-electron chi connectivity index (χ0n) is 10.1. The van der Waals surface area contributed by atoms with Crippen LogP contribution in [0.5, 0.6) is 17.2 Å². The van der Waals surface area contributed by atoms with Crippen molar-refractivity contribution in [3.8, 4) is 17.2 Å². The van der Waals surface area contributed by atoms with Gasteiger partial charge in [0.25, 0.3) is 0 Å². The molecule has 5 nitrogen and oxygen atoms in total. The van der Waals surface area contributed by atoms with Crippen LogP contribution in [0.4, 0.5) is 0 Å². The van der Waals surface area contributed by atoms with Crippen LogP contribution in [0.2, 0.25) is 0 Å². The Balaban J connectivity index is 1.54. The summed E-state index contributed by atoms with van der Waals surface area (Å²) in [6.45, 7) is 1.42. The molecule has 0 bridgehead atoms. The first-order valence-electron chi connectivity index (χ1n) is 6.23. The van der Waals surface area contributed by atoms with Crippen LogP contribution in [0, 0.1) is 0 Å². The van der Waals surface area contributed by atoms with E-state index in [-0.39, 0.29) is 19.0 Å². The molecule has 0 saturated carbocycles. The van der Waals surface area contributed by atoms with Crippen LogP contribution in [0.3, 0.4) is 0 Å². The molecule has 2 unspecified atom stereocenters. The number of hydrogen-bond acceptors (Lipinski definition) is 5. The van der Waals surface area contributed by atoms with E-state index in [2.05, 4.69) is 0 Å². The highest BCUT2D eigenvalue weighted by atomic mass is 16.7. The van der Waals surface area contributed by atoms with Gasteiger partial charge in [-0.15, -0.1) is 0 Å². The third-order valence-electron chi connectivity index (χ3n) is 3.24. The molecule has 1 fully saturated rings. The van der Waals surface area contributed by atoms with E-state index in [0.29, 0.717) is 13.2 Å². The maximum Gasteiger partial charge on any atom is 0.231 e. The molecule has 2 aliphatic rings. The second-order valence-electron chi connectivity index (χ2n) is 4.52. The van der Waals surface area contributed by atoms with E-state index in [1.807, 2.05) is 18.2 Å². The fourth-order valence-corrected chi connectivity index (χ4v) is 2.23. The average molecular weight is 251 g/mol. The molecule has 1 aromatic carbocycles. The fourth-order valence-electron chi connectivity index (χ4n) is 2.23. The van der Waals surface area contributed by atoms with Crippen molar-refractivity contribution in [1.82, 2.24) is 0 Å². The lowest BCUT2D eigenvalue weighted by atomic mass is 10.2. The standard InChI is InChI=1S/C13H17NO4/c14-6-10-1-2-11(18-10)7-15-9-3-4-12-13(5-9)17-8-16-12/h3-5,10-11H,1-2,6-8,14H2. The number of benzene rings is 1. The Morgan fingerprint density at radius 2 is 2.00 bits per heavy atom. The van der Waals surface area contributed by atoms with Crippen LogP contribution < -0.4 is 19.9 Å². The summed E-state index contributed by atoms with van der Waals surface area (Å²) < 4.78 is 22.0. The van der Waals surface area contributed by atoms with Gasteiger partial charge in [-0.1, -0.05) is 0 Å². The molecule has 2 aliphatic heterocycles. The van der Waals surface area contributed by atoms with Gasteiger partial charge in [0, 0.05) is 12.6 Å². The lowest BCUT2D eigenvalue weighted by Crippen LogP contribution is -2.23. The third-order valence-corrected chi connectivity index (χ3v) is 3.24. The zero-order valence-corrected chi connectivity index (χ0v) is 10.1. The highest BCUT2D eigenvalue weighted by Gasteiger charge is 2.24. The predicted octanol–water partition coefficient (Wildman–Crippen LogP) is 1.30. The summed E-state index contributed by atoms with van der Waals surface area (Å²) in [5, 5.41) is 0. The van der Waals surface area contributed by atoms with E-state index in [1.165, 1.54) is 0 Å². The van der Waals surface area contributed by atoms with E-state index in [4.69, 9.17) is 24.7 Å². The smallest absolute Gasteiger partial charge is 0.231 e. The van der Waals surface area contributed by atoms with Crippen molar-refractivity contribution in [3.63, 3.8) is 0 Å². The van der Waals surface area contributed by atoms with Gasteiger partial charge >= 0.3 is 0 Å². The number of rotatable bonds is 4. The van der Waals surface area contributed by atoms with Crippen molar-refractivity contribution < 1.29 is 18.9 Å². The number of hydrogen-bond donors (Lipinski definition) is 1. The molecule has 0 aliphatic carbocycles. The Bertz CT molecular complexity index is 423. The van der Waals surface area contributed by atoms with Crippen LogP contribution in [-0.2, 0) is 4.74 Å². The number of fused-ring (bicyclic) bond motifs is 1. The average Bonchev–Trinajstić information content (AvgIpc) is 3.04. The SMILES string of the molecule is NCC1CCC(COc2ccc3c(c2)OCO3)O1. The van der Waals surface area contributed by atoms with Gasteiger partial charge in [0.1, 0.15) is 12.4 Å². The molecule has 2 N–H and O–H groups in total. The summed E-state index contributed by atoms with van der Waals surface area (Å²) in [7, 11) is 0. The van der Waals surface area contributed by atoms with Crippen molar-refractivity contribution in [2.24, 2.45) is 5.73 Å². The normalized spacial score (nSPS) is 25.4. The molecule has 2 atom stereocenters. The molecule has 18 heavy (non-hydrogen) atoms. The Morgan fingerprint density at radius 1 is 1.17 bits per heavy atom. The van der Waals surface area contributed by atoms with Crippen LogP contribution in [-0.4, -0.2) is 32.2 Å². The van der Waals surface area contributed by atoms with Crippen molar-refractivity contribution >= 4 is 0 Å². The summed E-state index contributed by atoms with van der Waals surface area (Å²) in [4.78, 5) is 0. The predicted molar refractivity (Wildman–Crippen MR) is 65.0 cm³/mol. The molecular formula is C13H17NO4. The largest absolute Gasteiger partial charge is 0.491 e. The minimum absolute atomic E-state index is 0.143.